The Morgan fingerprint density at radius 3 is 2.54 bits per heavy atom. The number of aryl methyl sites for hydroxylation is 1. The normalized spacial score (nSPS) is 15.9. The second kappa shape index (κ2) is 11.3. The standard InChI is InChI=1S/C28H31ClN2O3S/c1-4-20(3)31(28(33)21-7-5-19(2)6-8-21)17-27(32)30-15-13-26-24(14-16-35-26)25(30)18-34-23-11-9-22(29)10-12-23/h5-12,14,16,20,25H,4,13,15,17-18H2,1-3H3/t20-,25-/m0/s1. The summed E-state index contributed by atoms with van der Waals surface area (Å²) in [7, 11) is 0. The van der Waals surface area contributed by atoms with Gasteiger partial charge < -0.3 is 14.5 Å². The number of halogens is 1. The minimum Gasteiger partial charge on any atom is -0.491 e. The third-order valence-electron chi connectivity index (χ3n) is 6.62. The van der Waals surface area contributed by atoms with Gasteiger partial charge in [-0.1, -0.05) is 36.2 Å². The molecule has 184 valence electrons. The van der Waals surface area contributed by atoms with Gasteiger partial charge in [0.15, 0.2) is 0 Å². The number of carbonyl (C=O) groups excluding carboxylic acids is 2. The molecule has 0 radical (unpaired) electrons. The summed E-state index contributed by atoms with van der Waals surface area (Å²) in [6.45, 7) is 7.00. The zero-order valence-corrected chi connectivity index (χ0v) is 21.9. The van der Waals surface area contributed by atoms with Crippen LogP contribution in [0, 0.1) is 6.92 Å². The van der Waals surface area contributed by atoms with Gasteiger partial charge in [0.2, 0.25) is 5.91 Å². The smallest absolute Gasteiger partial charge is 0.254 e. The zero-order chi connectivity index (χ0) is 24.9. The molecule has 2 atom stereocenters. The molecule has 0 unspecified atom stereocenters. The van der Waals surface area contributed by atoms with E-state index >= 15 is 0 Å². The maximum atomic E-state index is 13.7. The van der Waals surface area contributed by atoms with E-state index in [1.165, 1.54) is 4.88 Å². The second-order valence-corrected chi connectivity index (χ2v) is 10.4. The van der Waals surface area contributed by atoms with Crippen molar-refractivity contribution >= 4 is 34.8 Å². The number of thiophene rings is 1. The lowest BCUT2D eigenvalue weighted by Crippen LogP contribution is -2.49. The molecular weight excluding hydrogens is 480 g/mol. The van der Waals surface area contributed by atoms with Crippen molar-refractivity contribution in [1.82, 2.24) is 9.80 Å². The molecule has 7 heteroatoms. The van der Waals surface area contributed by atoms with E-state index < -0.39 is 0 Å². The van der Waals surface area contributed by atoms with Crippen molar-refractivity contribution in [3.63, 3.8) is 0 Å². The summed E-state index contributed by atoms with van der Waals surface area (Å²) in [5.74, 6) is 0.530. The molecule has 4 rings (SSSR count). The number of fused-ring (bicyclic) bond motifs is 1. The van der Waals surface area contributed by atoms with E-state index in [0.29, 0.717) is 29.5 Å². The molecule has 2 aromatic carbocycles. The van der Waals surface area contributed by atoms with Gasteiger partial charge in [-0.3, -0.25) is 9.59 Å². The van der Waals surface area contributed by atoms with E-state index in [2.05, 4.69) is 11.4 Å². The molecular formula is C28H31ClN2O3S. The number of hydrogen-bond donors (Lipinski definition) is 0. The number of amides is 2. The van der Waals surface area contributed by atoms with Gasteiger partial charge in [0.25, 0.3) is 5.91 Å². The van der Waals surface area contributed by atoms with Crippen LogP contribution < -0.4 is 4.74 Å². The average Bonchev–Trinajstić information content (AvgIpc) is 3.35. The van der Waals surface area contributed by atoms with E-state index in [9.17, 15) is 9.59 Å². The molecule has 1 aliphatic heterocycles. The summed E-state index contributed by atoms with van der Waals surface area (Å²) in [5, 5.41) is 2.72. The van der Waals surface area contributed by atoms with Crippen LogP contribution in [0.1, 0.15) is 52.7 Å². The van der Waals surface area contributed by atoms with Crippen LogP contribution in [-0.2, 0) is 11.2 Å². The number of ether oxygens (including phenoxy) is 1. The molecule has 2 heterocycles. The first-order valence-corrected chi connectivity index (χ1v) is 13.2. The summed E-state index contributed by atoms with van der Waals surface area (Å²) in [6.07, 6.45) is 1.58. The van der Waals surface area contributed by atoms with Crippen LogP contribution in [0.15, 0.2) is 60.0 Å². The highest BCUT2D eigenvalue weighted by atomic mass is 35.5. The van der Waals surface area contributed by atoms with E-state index in [-0.39, 0.29) is 30.4 Å². The van der Waals surface area contributed by atoms with Crippen LogP contribution in [0.4, 0.5) is 0 Å². The molecule has 0 bridgehead atoms. The Labute approximate surface area is 216 Å². The van der Waals surface area contributed by atoms with Crippen LogP contribution >= 0.6 is 22.9 Å². The molecule has 0 fully saturated rings. The van der Waals surface area contributed by atoms with E-state index in [1.807, 2.05) is 62.1 Å². The SMILES string of the molecule is CC[C@H](C)N(CC(=O)N1CCc2sccc2[C@@H]1COc1ccc(Cl)cc1)C(=O)c1ccc(C)cc1. The maximum absolute atomic E-state index is 13.7. The number of hydrogen-bond acceptors (Lipinski definition) is 4. The Balaban J connectivity index is 1.54. The first-order chi connectivity index (χ1) is 16.9. The van der Waals surface area contributed by atoms with Crippen LogP contribution in [0.3, 0.4) is 0 Å². The van der Waals surface area contributed by atoms with Crippen molar-refractivity contribution in [3.8, 4) is 5.75 Å². The summed E-state index contributed by atoms with van der Waals surface area (Å²) in [6, 6.07) is 16.6. The number of rotatable bonds is 8. The second-order valence-electron chi connectivity index (χ2n) is 8.97. The third kappa shape index (κ3) is 5.88. The van der Waals surface area contributed by atoms with Crippen LogP contribution in [0.5, 0.6) is 5.75 Å². The van der Waals surface area contributed by atoms with Gasteiger partial charge in [-0.15, -0.1) is 11.3 Å². The van der Waals surface area contributed by atoms with Crippen molar-refractivity contribution in [1.29, 1.82) is 0 Å². The predicted molar refractivity (Wildman–Crippen MR) is 141 cm³/mol. The third-order valence-corrected chi connectivity index (χ3v) is 7.87. The summed E-state index contributed by atoms with van der Waals surface area (Å²) < 4.78 is 6.08. The molecule has 0 aliphatic carbocycles. The first kappa shape index (κ1) is 25.3. The van der Waals surface area contributed by atoms with Gasteiger partial charge in [-0.2, -0.15) is 0 Å². The number of benzene rings is 2. The Morgan fingerprint density at radius 2 is 1.86 bits per heavy atom. The Bertz CT molecular complexity index is 1160. The lowest BCUT2D eigenvalue weighted by atomic mass is 10.00. The van der Waals surface area contributed by atoms with Gasteiger partial charge in [-0.05, 0) is 80.1 Å². The highest BCUT2D eigenvalue weighted by Crippen LogP contribution is 2.34. The molecule has 5 nitrogen and oxygen atoms in total. The molecule has 1 aliphatic rings. The van der Waals surface area contributed by atoms with Crippen molar-refractivity contribution in [2.75, 3.05) is 19.7 Å². The minimum absolute atomic E-state index is 0.0403. The Kier molecular flexibility index (Phi) is 8.14. The van der Waals surface area contributed by atoms with Crippen molar-refractivity contribution in [2.24, 2.45) is 0 Å². The van der Waals surface area contributed by atoms with Gasteiger partial charge in [0.05, 0.1) is 6.04 Å². The van der Waals surface area contributed by atoms with Crippen LogP contribution in [0.2, 0.25) is 5.02 Å². The lowest BCUT2D eigenvalue weighted by Gasteiger charge is -2.38. The van der Waals surface area contributed by atoms with Gasteiger partial charge in [0, 0.05) is 28.0 Å². The van der Waals surface area contributed by atoms with Crippen molar-refractivity contribution in [2.45, 2.75) is 45.7 Å². The predicted octanol–water partition coefficient (Wildman–Crippen LogP) is 6.16. The molecule has 1 aromatic heterocycles. The van der Waals surface area contributed by atoms with E-state index in [1.54, 1.807) is 28.4 Å². The quantitative estimate of drug-likeness (QED) is 0.365. The fraction of sp³-hybridized carbons (Fsp3) is 0.357. The fourth-order valence-electron chi connectivity index (χ4n) is 4.33. The first-order valence-electron chi connectivity index (χ1n) is 12.0. The van der Waals surface area contributed by atoms with Crippen LogP contribution in [-0.4, -0.2) is 47.4 Å². The van der Waals surface area contributed by atoms with E-state index in [0.717, 1.165) is 24.0 Å². The average molecular weight is 511 g/mol. The van der Waals surface area contributed by atoms with Gasteiger partial charge in [-0.25, -0.2) is 0 Å². The molecule has 3 aromatic rings. The molecule has 35 heavy (non-hydrogen) atoms. The van der Waals surface area contributed by atoms with Gasteiger partial charge in [0.1, 0.15) is 18.9 Å². The largest absolute Gasteiger partial charge is 0.491 e. The zero-order valence-electron chi connectivity index (χ0n) is 20.4. The molecule has 0 saturated carbocycles. The summed E-state index contributed by atoms with van der Waals surface area (Å²) in [4.78, 5) is 31.9. The van der Waals surface area contributed by atoms with E-state index in [4.69, 9.17) is 16.3 Å². The summed E-state index contributed by atoms with van der Waals surface area (Å²) >= 11 is 7.72. The molecule has 0 spiro atoms. The highest BCUT2D eigenvalue weighted by Gasteiger charge is 2.34. The maximum Gasteiger partial charge on any atom is 0.254 e. The monoisotopic (exact) mass is 510 g/mol. The van der Waals surface area contributed by atoms with Crippen LogP contribution in [0.25, 0.3) is 0 Å². The van der Waals surface area contributed by atoms with Crippen molar-refractivity contribution in [3.05, 3.63) is 86.6 Å². The summed E-state index contributed by atoms with van der Waals surface area (Å²) in [5.41, 5.74) is 2.82. The Morgan fingerprint density at radius 1 is 1.14 bits per heavy atom. The number of nitrogens with zero attached hydrogens (tertiary/aromatic N) is 2. The molecule has 0 N–H and O–H groups in total. The highest BCUT2D eigenvalue weighted by molar-refractivity contribution is 7.10. The topological polar surface area (TPSA) is 49.9 Å². The Hall–Kier alpha value is -2.83. The minimum atomic E-state index is -0.207. The molecule has 2 amide bonds. The lowest BCUT2D eigenvalue weighted by molar-refractivity contribution is -0.136. The van der Waals surface area contributed by atoms with Gasteiger partial charge >= 0.3 is 0 Å². The van der Waals surface area contributed by atoms with Crippen molar-refractivity contribution < 1.29 is 14.3 Å². The fourth-order valence-corrected chi connectivity index (χ4v) is 5.38. The molecule has 0 saturated heterocycles. The number of carbonyl (C=O) groups is 2.